The van der Waals surface area contributed by atoms with Crippen molar-refractivity contribution in [2.24, 2.45) is 7.05 Å². The number of carbonyl (C=O) groups excluding carboxylic acids is 1. The van der Waals surface area contributed by atoms with E-state index in [1.54, 1.807) is 13.0 Å². The zero-order valence-electron chi connectivity index (χ0n) is 12.9. The van der Waals surface area contributed by atoms with Crippen molar-refractivity contribution in [2.45, 2.75) is 32.6 Å². The molecule has 0 saturated carbocycles. The molecule has 0 radical (unpaired) electrons. The molecule has 2 heterocycles. The first-order valence-electron chi connectivity index (χ1n) is 7.63. The van der Waals surface area contributed by atoms with Crippen molar-refractivity contribution >= 4 is 34.5 Å². The van der Waals surface area contributed by atoms with Gasteiger partial charge in [0.05, 0.1) is 17.8 Å². The average molecular weight is 319 g/mol. The minimum absolute atomic E-state index is 0.361. The Morgan fingerprint density at radius 2 is 2.23 bits per heavy atom. The van der Waals surface area contributed by atoms with E-state index in [9.17, 15) is 4.79 Å². The third kappa shape index (κ3) is 2.63. The largest absolute Gasteiger partial charge is 0.463 e. The lowest BCUT2D eigenvalue weighted by molar-refractivity contribution is -0.137. The summed E-state index contributed by atoms with van der Waals surface area (Å²) in [4.78, 5) is 15.9. The number of hydrogen-bond donors (Lipinski definition) is 0. The summed E-state index contributed by atoms with van der Waals surface area (Å²) in [7, 11) is 2.06. The van der Waals surface area contributed by atoms with Gasteiger partial charge < -0.3 is 9.30 Å². The zero-order valence-corrected chi connectivity index (χ0v) is 13.6. The first-order chi connectivity index (χ1) is 10.6. The van der Waals surface area contributed by atoms with Crippen LogP contribution in [0.3, 0.4) is 0 Å². The summed E-state index contributed by atoms with van der Waals surface area (Å²) < 4.78 is 7.12. The van der Waals surface area contributed by atoms with Crippen molar-refractivity contribution in [3.63, 3.8) is 0 Å². The van der Waals surface area contributed by atoms with E-state index in [1.165, 1.54) is 30.2 Å². The van der Waals surface area contributed by atoms with Crippen molar-refractivity contribution in [3.05, 3.63) is 34.2 Å². The van der Waals surface area contributed by atoms with Crippen LogP contribution in [0.1, 0.15) is 36.7 Å². The van der Waals surface area contributed by atoms with Crippen molar-refractivity contribution in [1.82, 2.24) is 9.55 Å². The van der Waals surface area contributed by atoms with Crippen LogP contribution in [-0.4, -0.2) is 22.1 Å². The standard InChI is InChI=1S/C17H19ClN2O2/c1-3-22-16(21)9-8-13-17-12(10-15(18)19-13)11-6-4-5-7-14(11)20(17)2/h8-10H,3-7H2,1-2H3/b9-8+. The molecule has 0 unspecified atom stereocenters. The van der Waals surface area contributed by atoms with Crippen LogP contribution < -0.4 is 0 Å². The second-order valence-corrected chi connectivity index (χ2v) is 5.89. The van der Waals surface area contributed by atoms with Gasteiger partial charge in [0.15, 0.2) is 0 Å². The smallest absolute Gasteiger partial charge is 0.330 e. The number of nitrogens with zero attached hydrogens (tertiary/aromatic N) is 2. The van der Waals surface area contributed by atoms with Gasteiger partial charge in [-0.15, -0.1) is 0 Å². The van der Waals surface area contributed by atoms with E-state index in [0.717, 1.165) is 23.7 Å². The number of carbonyl (C=O) groups is 1. The van der Waals surface area contributed by atoms with E-state index in [1.807, 2.05) is 6.07 Å². The number of pyridine rings is 1. The first kappa shape index (κ1) is 15.1. The molecule has 4 nitrogen and oxygen atoms in total. The third-order valence-corrected chi connectivity index (χ3v) is 4.35. The Morgan fingerprint density at radius 3 is 3.00 bits per heavy atom. The summed E-state index contributed by atoms with van der Waals surface area (Å²) in [5.41, 5.74) is 4.49. The Hall–Kier alpha value is -1.81. The molecule has 0 saturated heterocycles. The van der Waals surface area contributed by atoms with Gasteiger partial charge in [0.25, 0.3) is 0 Å². The molecule has 1 aliphatic rings. The van der Waals surface area contributed by atoms with Crippen LogP contribution >= 0.6 is 11.6 Å². The molecule has 1 aliphatic carbocycles. The first-order valence-corrected chi connectivity index (χ1v) is 8.01. The SMILES string of the molecule is CCOC(=O)/C=C/c1nc(Cl)cc2c3c(n(C)c12)CCCC3. The molecule has 0 aliphatic heterocycles. The molecule has 0 N–H and O–H groups in total. The van der Waals surface area contributed by atoms with Gasteiger partial charge in [-0.2, -0.15) is 0 Å². The van der Waals surface area contributed by atoms with Gasteiger partial charge in [0, 0.05) is 24.2 Å². The molecule has 2 aromatic heterocycles. The summed E-state index contributed by atoms with van der Waals surface area (Å²) in [5.74, 6) is -0.364. The topological polar surface area (TPSA) is 44.1 Å². The predicted molar refractivity (Wildman–Crippen MR) is 88.0 cm³/mol. The van der Waals surface area contributed by atoms with Crippen molar-refractivity contribution in [3.8, 4) is 0 Å². The van der Waals surface area contributed by atoms with E-state index in [2.05, 4.69) is 16.6 Å². The van der Waals surface area contributed by atoms with E-state index >= 15 is 0 Å². The Morgan fingerprint density at radius 1 is 1.45 bits per heavy atom. The molecule has 3 rings (SSSR count). The summed E-state index contributed by atoms with van der Waals surface area (Å²) in [6, 6.07) is 1.93. The minimum atomic E-state index is -0.364. The number of esters is 1. The van der Waals surface area contributed by atoms with Crippen LogP contribution in [0.25, 0.3) is 17.0 Å². The Bertz CT molecular complexity index is 762. The second kappa shape index (κ2) is 6.13. The summed E-state index contributed by atoms with van der Waals surface area (Å²) in [6.45, 7) is 2.15. The lowest BCUT2D eigenvalue weighted by atomic mass is 9.96. The fourth-order valence-corrected chi connectivity index (χ4v) is 3.45. The van der Waals surface area contributed by atoms with E-state index in [-0.39, 0.29) is 5.97 Å². The number of aromatic nitrogens is 2. The highest BCUT2D eigenvalue weighted by molar-refractivity contribution is 6.30. The quantitative estimate of drug-likeness (QED) is 0.492. The number of fused-ring (bicyclic) bond motifs is 3. The minimum Gasteiger partial charge on any atom is -0.463 e. The van der Waals surface area contributed by atoms with Gasteiger partial charge in [-0.25, -0.2) is 9.78 Å². The van der Waals surface area contributed by atoms with Crippen LogP contribution in [0.5, 0.6) is 0 Å². The maximum atomic E-state index is 11.5. The normalized spacial score (nSPS) is 14.5. The molecule has 5 heteroatoms. The monoisotopic (exact) mass is 318 g/mol. The van der Waals surface area contributed by atoms with Crippen LogP contribution in [0.2, 0.25) is 5.15 Å². The van der Waals surface area contributed by atoms with E-state index < -0.39 is 0 Å². The Kier molecular flexibility index (Phi) is 4.21. The highest BCUT2D eigenvalue weighted by Gasteiger charge is 2.20. The van der Waals surface area contributed by atoms with E-state index in [0.29, 0.717) is 17.5 Å². The summed E-state index contributed by atoms with van der Waals surface area (Å²) >= 11 is 6.18. The zero-order chi connectivity index (χ0) is 15.7. The average Bonchev–Trinajstić information content (AvgIpc) is 2.79. The fourth-order valence-electron chi connectivity index (χ4n) is 3.25. The van der Waals surface area contributed by atoms with Gasteiger partial charge >= 0.3 is 5.97 Å². The molecular formula is C17H19ClN2O2. The number of rotatable bonds is 3. The molecule has 0 fully saturated rings. The van der Waals surface area contributed by atoms with Gasteiger partial charge in [-0.3, -0.25) is 0 Å². The molecule has 22 heavy (non-hydrogen) atoms. The lowest BCUT2D eigenvalue weighted by Gasteiger charge is -2.12. The fraction of sp³-hybridized carbons (Fsp3) is 0.412. The maximum absolute atomic E-state index is 11.5. The molecule has 116 valence electrons. The highest BCUT2D eigenvalue weighted by Crippen LogP contribution is 2.34. The lowest BCUT2D eigenvalue weighted by Crippen LogP contribution is -2.05. The Labute approximate surface area is 134 Å². The van der Waals surface area contributed by atoms with Gasteiger partial charge in [-0.05, 0) is 50.3 Å². The molecule has 2 aromatic rings. The molecule has 0 aromatic carbocycles. The number of aryl methyl sites for hydroxylation is 2. The Balaban J connectivity index is 2.14. The maximum Gasteiger partial charge on any atom is 0.330 e. The molecule has 0 bridgehead atoms. The van der Waals surface area contributed by atoms with Gasteiger partial charge in [0.1, 0.15) is 5.15 Å². The molecular weight excluding hydrogens is 300 g/mol. The summed E-state index contributed by atoms with van der Waals surface area (Å²) in [6.07, 6.45) is 7.69. The number of ether oxygens (including phenoxy) is 1. The van der Waals surface area contributed by atoms with Gasteiger partial charge in [-0.1, -0.05) is 11.6 Å². The summed E-state index contributed by atoms with van der Waals surface area (Å²) in [5, 5.41) is 1.61. The van der Waals surface area contributed by atoms with Crippen LogP contribution in [0, 0.1) is 0 Å². The van der Waals surface area contributed by atoms with E-state index in [4.69, 9.17) is 16.3 Å². The van der Waals surface area contributed by atoms with Crippen molar-refractivity contribution < 1.29 is 9.53 Å². The van der Waals surface area contributed by atoms with Crippen LogP contribution in [0.15, 0.2) is 12.1 Å². The predicted octanol–water partition coefficient (Wildman–Crippen LogP) is 3.68. The second-order valence-electron chi connectivity index (χ2n) is 5.50. The molecule has 0 amide bonds. The third-order valence-electron chi connectivity index (χ3n) is 4.16. The molecule has 0 spiro atoms. The number of hydrogen-bond acceptors (Lipinski definition) is 3. The number of halogens is 1. The van der Waals surface area contributed by atoms with Crippen molar-refractivity contribution in [2.75, 3.05) is 6.61 Å². The van der Waals surface area contributed by atoms with Crippen LogP contribution in [-0.2, 0) is 29.4 Å². The molecule has 0 atom stereocenters. The highest BCUT2D eigenvalue weighted by atomic mass is 35.5. The van der Waals surface area contributed by atoms with Crippen LogP contribution in [0.4, 0.5) is 0 Å². The van der Waals surface area contributed by atoms with Crippen molar-refractivity contribution in [1.29, 1.82) is 0 Å². The van der Waals surface area contributed by atoms with Gasteiger partial charge in [0.2, 0.25) is 0 Å².